The van der Waals surface area contributed by atoms with Gasteiger partial charge in [0.2, 0.25) is 11.8 Å². The van der Waals surface area contributed by atoms with Gasteiger partial charge < -0.3 is 15.5 Å². The van der Waals surface area contributed by atoms with Gasteiger partial charge in [0.15, 0.2) is 0 Å². The summed E-state index contributed by atoms with van der Waals surface area (Å²) in [4.78, 5) is 27.1. The first-order chi connectivity index (χ1) is 11.6. The van der Waals surface area contributed by atoms with Crippen LogP contribution in [-0.2, 0) is 16.1 Å². The second-order valence-electron chi connectivity index (χ2n) is 6.94. The van der Waals surface area contributed by atoms with Gasteiger partial charge in [0, 0.05) is 19.6 Å². The molecule has 5 nitrogen and oxygen atoms in total. The zero-order valence-corrected chi connectivity index (χ0v) is 14.4. The van der Waals surface area contributed by atoms with Gasteiger partial charge in [-0.3, -0.25) is 9.59 Å². The normalized spacial score (nSPS) is 24.0. The van der Waals surface area contributed by atoms with Gasteiger partial charge in [0.1, 0.15) is 6.04 Å². The van der Waals surface area contributed by atoms with Crippen molar-refractivity contribution in [3.05, 3.63) is 35.4 Å². The van der Waals surface area contributed by atoms with Crippen molar-refractivity contribution in [3.8, 4) is 0 Å². The van der Waals surface area contributed by atoms with Crippen LogP contribution in [0.1, 0.15) is 36.8 Å². The van der Waals surface area contributed by atoms with Gasteiger partial charge in [-0.25, -0.2) is 0 Å². The first-order valence-electron chi connectivity index (χ1n) is 8.99. The van der Waals surface area contributed by atoms with Crippen molar-refractivity contribution >= 4 is 11.8 Å². The van der Waals surface area contributed by atoms with E-state index in [4.69, 9.17) is 0 Å². The van der Waals surface area contributed by atoms with Crippen molar-refractivity contribution < 1.29 is 9.59 Å². The quantitative estimate of drug-likeness (QED) is 0.882. The van der Waals surface area contributed by atoms with Crippen molar-refractivity contribution in [2.45, 2.75) is 45.2 Å². The second kappa shape index (κ2) is 7.79. The molecule has 1 aromatic carbocycles. The van der Waals surface area contributed by atoms with Gasteiger partial charge >= 0.3 is 0 Å². The molecule has 0 saturated carbocycles. The summed E-state index contributed by atoms with van der Waals surface area (Å²) >= 11 is 0. The van der Waals surface area contributed by atoms with Crippen LogP contribution in [0, 0.1) is 12.8 Å². The fraction of sp³-hybridized carbons (Fsp3) is 0.579. The summed E-state index contributed by atoms with van der Waals surface area (Å²) < 4.78 is 0. The Morgan fingerprint density at radius 1 is 1.21 bits per heavy atom. The SMILES string of the molecule is Cc1ccc(CNC(=O)[C@H]2CCCN2C(=O)[C@H]2CCCNC2)cc1. The molecule has 0 unspecified atom stereocenters. The summed E-state index contributed by atoms with van der Waals surface area (Å²) in [6, 6.07) is 7.85. The van der Waals surface area contributed by atoms with E-state index < -0.39 is 0 Å². The Bertz CT molecular complexity index is 579. The molecule has 2 aliphatic heterocycles. The topological polar surface area (TPSA) is 61.4 Å². The minimum absolute atomic E-state index is 0.0230. The number of hydrogen-bond donors (Lipinski definition) is 2. The Labute approximate surface area is 143 Å². The largest absolute Gasteiger partial charge is 0.350 e. The van der Waals surface area contributed by atoms with E-state index in [1.165, 1.54) is 5.56 Å². The van der Waals surface area contributed by atoms with E-state index in [1.54, 1.807) is 0 Å². The third-order valence-electron chi connectivity index (χ3n) is 5.07. The number of aryl methyl sites for hydroxylation is 1. The molecule has 3 rings (SSSR count). The highest BCUT2D eigenvalue weighted by Gasteiger charge is 2.37. The highest BCUT2D eigenvalue weighted by Crippen LogP contribution is 2.23. The van der Waals surface area contributed by atoms with Crippen LogP contribution in [0.3, 0.4) is 0 Å². The lowest BCUT2D eigenvalue weighted by atomic mass is 9.97. The number of benzene rings is 1. The highest BCUT2D eigenvalue weighted by atomic mass is 16.2. The minimum Gasteiger partial charge on any atom is -0.350 e. The Morgan fingerprint density at radius 3 is 2.71 bits per heavy atom. The molecular formula is C19H27N3O2. The second-order valence-corrected chi connectivity index (χ2v) is 6.94. The van der Waals surface area contributed by atoms with E-state index in [1.807, 2.05) is 36.1 Å². The van der Waals surface area contributed by atoms with Gasteiger partial charge in [-0.05, 0) is 44.7 Å². The van der Waals surface area contributed by atoms with Crippen molar-refractivity contribution in [1.29, 1.82) is 0 Å². The fourth-order valence-electron chi connectivity index (χ4n) is 3.61. The molecule has 2 atom stereocenters. The summed E-state index contributed by atoms with van der Waals surface area (Å²) in [5, 5.41) is 6.29. The minimum atomic E-state index is -0.301. The van der Waals surface area contributed by atoms with Crippen LogP contribution in [-0.4, -0.2) is 42.4 Å². The number of carbonyl (C=O) groups excluding carboxylic acids is 2. The van der Waals surface area contributed by atoms with Crippen LogP contribution in [0.4, 0.5) is 0 Å². The van der Waals surface area contributed by atoms with E-state index in [9.17, 15) is 9.59 Å². The third-order valence-corrected chi connectivity index (χ3v) is 5.07. The molecule has 0 aromatic heterocycles. The number of nitrogens with one attached hydrogen (secondary N) is 2. The molecule has 24 heavy (non-hydrogen) atoms. The number of rotatable bonds is 4. The maximum absolute atomic E-state index is 12.7. The average Bonchev–Trinajstić information content (AvgIpc) is 3.11. The monoisotopic (exact) mass is 329 g/mol. The molecule has 0 bridgehead atoms. The van der Waals surface area contributed by atoms with Gasteiger partial charge in [-0.2, -0.15) is 0 Å². The maximum Gasteiger partial charge on any atom is 0.243 e. The van der Waals surface area contributed by atoms with Crippen molar-refractivity contribution in [1.82, 2.24) is 15.5 Å². The van der Waals surface area contributed by atoms with Gasteiger partial charge in [0.25, 0.3) is 0 Å². The van der Waals surface area contributed by atoms with E-state index in [2.05, 4.69) is 10.6 Å². The van der Waals surface area contributed by atoms with E-state index in [-0.39, 0.29) is 23.8 Å². The van der Waals surface area contributed by atoms with Crippen LogP contribution in [0.25, 0.3) is 0 Å². The summed E-state index contributed by atoms with van der Waals surface area (Å²) in [5.41, 5.74) is 2.29. The van der Waals surface area contributed by atoms with Crippen LogP contribution in [0.5, 0.6) is 0 Å². The van der Waals surface area contributed by atoms with Crippen LogP contribution in [0.2, 0.25) is 0 Å². The molecule has 0 aliphatic carbocycles. The lowest BCUT2D eigenvalue weighted by molar-refractivity contribution is -0.142. The molecule has 2 heterocycles. The number of nitrogens with zero attached hydrogens (tertiary/aromatic N) is 1. The predicted octanol–water partition coefficient (Wildman–Crippen LogP) is 1.60. The first-order valence-corrected chi connectivity index (χ1v) is 8.99. The Morgan fingerprint density at radius 2 is 2.00 bits per heavy atom. The van der Waals surface area contributed by atoms with Crippen molar-refractivity contribution in [2.75, 3.05) is 19.6 Å². The average molecular weight is 329 g/mol. The number of piperidine rings is 1. The lowest BCUT2D eigenvalue weighted by Crippen LogP contribution is -2.50. The third kappa shape index (κ3) is 3.96. The number of amides is 2. The standard InChI is InChI=1S/C19H27N3O2/c1-14-6-8-15(9-7-14)12-21-18(23)17-5-3-11-22(17)19(24)16-4-2-10-20-13-16/h6-9,16-17,20H,2-5,10-13H2,1H3,(H,21,23)/t16-,17+/m0/s1. The molecule has 130 valence electrons. The molecule has 2 N–H and O–H groups in total. The molecule has 2 aliphatic rings. The van der Waals surface area contributed by atoms with Gasteiger partial charge in [-0.1, -0.05) is 29.8 Å². The van der Waals surface area contributed by atoms with Crippen molar-refractivity contribution in [3.63, 3.8) is 0 Å². The van der Waals surface area contributed by atoms with Crippen LogP contribution < -0.4 is 10.6 Å². The van der Waals surface area contributed by atoms with E-state index >= 15 is 0 Å². The summed E-state index contributed by atoms with van der Waals surface area (Å²) in [6.07, 6.45) is 3.65. The Kier molecular flexibility index (Phi) is 5.51. The van der Waals surface area contributed by atoms with Crippen molar-refractivity contribution in [2.24, 2.45) is 5.92 Å². The summed E-state index contributed by atoms with van der Waals surface area (Å²) in [6.45, 7) is 5.00. The number of carbonyl (C=O) groups is 2. The van der Waals surface area contributed by atoms with Gasteiger partial charge in [0.05, 0.1) is 5.92 Å². The highest BCUT2D eigenvalue weighted by molar-refractivity contribution is 5.89. The molecular weight excluding hydrogens is 302 g/mol. The smallest absolute Gasteiger partial charge is 0.243 e. The van der Waals surface area contributed by atoms with E-state index in [0.717, 1.165) is 44.3 Å². The summed E-state index contributed by atoms with van der Waals surface area (Å²) in [7, 11) is 0. The predicted molar refractivity (Wildman–Crippen MR) is 93.4 cm³/mol. The first kappa shape index (κ1) is 17.0. The number of hydrogen-bond acceptors (Lipinski definition) is 3. The zero-order valence-electron chi connectivity index (χ0n) is 14.4. The molecule has 0 spiro atoms. The maximum atomic E-state index is 12.7. The number of likely N-dealkylation sites (tertiary alicyclic amines) is 1. The lowest BCUT2D eigenvalue weighted by Gasteiger charge is -2.30. The zero-order chi connectivity index (χ0) is 16.9. The molecule has 1 aromatic rings. The molecule has 2 amide bonds. The summed E-state index contributed by atoms with van der Waals surface area (Å²) in [5.74, 6) is 0.157. The molecule has 2 fully saturated rings. The molecule has 2 saturated heterocycles. The van der Waals surface area contributed by atoms with Crippen LogP contribution >= 0.6 is 0 Å². The van der Waals surface area contributed by atoms with Crippen LogP contribution in [0.15, 0.2) is 24.3 Å². The Balaban J connectivity index is 1.56. The Hall–Kier alpha value is -1.88. The molecule has 5 heteroatoms. The fourth-order valence-corrected chi connectivity index (χ4v) is 3.61. The molecule has 0 radical (unpaired) electrons. The van der Waals surface area contributed by atoms with Gasteiger partial charge in [-0.15, -0.1) is 0 Å². The van der Waals surface area contributed by atoms with E-state index in [0.29, 0.717) is 13.1 Å².